The van der Waals surface area contributed by atoms with Crippen LogP contribution in [-0.4, -0.2) is 11.7 Å². The Labute approximate surface area is 215 Å². The van der Waals surface area contributed by atoms with Crippen LogP contribution in [0.1, 0.15) is 120 Å². The Hall–Kier alpha value is -1.94. The topological polar surface area (TPSA) is 51.0 Å². The van der Waals surface area contributed by atoms with Crippen LogP contribution in [0.25, 0.3) is 0 Å². The van der Waals surface area contributed by atoms with Gasteiger partial charge in [-0.15, -0.1) is 0 Å². The zero-order valence-corrected chi connectivity index (χ0v) is 22.2. The Bertz CT molecular complexity index is 765. The SMILES string of the molecule is [O-][n+]1cccc(CCCCCCCCCCC[n+]2cccc(CCCCCCCCCCO)c2)c1. The maximum atomic E-state index is 11.3. The Morgan fingerprint density at radius 3 is 1.54 bits per heavy atom. The van der Waals surface area contributed by atoms with Gasteiger partial charge in [-0.25, -0.2) is 4.57 Å². The van der Waals surface area contributed by atoms with Gasteiger partial charge in [0.25, 0.3) is 0 Å². The third-order valence-corrected chi connectivity index (χ3v) is 7.01. The molecule has 0 spiro atoms. The van der Waals surface area contributed by atoms with Gasteiger partial charge in [0, 0.05) is 36.3 Å². The molecule has 4 heteroatoms. The van der Waals surface area contributed by atoms with Crippen LogP contribution in [0.15, 0.2) is 49.1 Å². The number of unbranched alkanes of at least 4 members (excludes halogenated alkanes) is 15. The fraction of sp³-hybridized carbons (Fsp3) is 0.677. The molecule has 0 saturated heterocycles. The summed E-state index contributed by atoms with van der Waals surface area (Å²) in [5.74, 6) is 0. The zero-order valence-electron chi connectivity index (χ0n) is 22.2. The molecule has 2 aromatic heterocycles. The van der Waals surface area contributed by atoms with Crippen LogP contribution >= 0.6 is 0 Å². The summed E-state index contributed by atoms with van der Waals surface area (Å²) < 4.78 is 3.29. The fourth-order valence-corrected chi connectivity index (χ4v) is 4.87. The normalized spacial score (nSPS) is 11.2. The molecule has 0 saturated carbocycles. The molecule has 0 aromatic carbocycles. The first-order valence-electron chi connectivity index (χ1n) is 14.5. The van der Waals surface area contributed by atoms with Crippen molar-refractivity contribution in [3.63, 3.8) is 0 Å². The van der Waals surface area contributed by atoms with Crippen molar-refractivity contribution >= 4 is 0 Å². The Morgan fingerprint density at radius 2 is 1.00 bits per heavy atom. The summed E-state index contributed by atoms with van der Waals surface area (Å²) in [6.07, 6.45) is 31.9. The molecule has 1 N–H and O–H groups in total. The second-order valence-electron chi connectivity index (χ2n) is 10.3. The van der Waals surface area contributed by atoms with Gasteiger partial charge in [0.2, 0.25) is 0 Å². The summed E-state index contributed by atoms with van der Waals surface area (Å²) in [5.41, 5.74) is 2.64. The highest BCUT2D eigenvalue weighted by atomic mass is 16.5. The van der Waals surface area contributed by atoms with Crippen molar-refractivity contribution in [2.75, 3.05) is 6.61 Å². The van der Waals surface area contributed by atoms with E-state index >= 15 is 0 Å². The number of nitrogens with zero attached hydrogens (tertiary/aromatic N) is 2. The predicted octanol–water partition coefficient (Wildman–Crippen LogP) is 7.02. The predicted molar refractivity (Wildman–Crippen MR) is 145 cm³/mol. The number of hydrogen-bond donors (Lipinski definition) is 1. The molecule has 0 amide bonds. The number of aryl methyl sites for hydroxylation is 3. The van der Waals surface area contributed by atoms with Gasteiger partial charge in [-0.3, -0.25) is 0 Å². The van der Waals surface area contributed by atoms with Crippen LogP contribution in [0.3, 0.4) is 0 Å². The first-order chi connectivity index (χ1) is 17.3. The zero-order chi connectivity index (χ0) is 24.8. The number of aromatic nitrogens is 2. The standard InChI is InChI=1S/C31H51N2O2/c34-27-17-13-9-5-3-7-10-14-20-30-22-18-25-32(28-30)24-16-12-8-4-1-2-6-11-15-21-31-23-19-26-33(35)29-31/h18-19,22-23,25-26,28-29,34H,1-17,20-21,24,27H2/q+1. The van der Waals surface area contributed by atoms with E-state index in [9.17, 15) is 5.21 Å². The highest BCUT2D eigenvalue weighted by molar-refractivity contribution is 5.05. The molecule has 0 aliphatic heterocycles. The van der Waals surface area contributed by atoms with Crippen molar-refractivity contribution in [1.82, 2.24) is 0 Å². The summed E-state index contributed by atoms with van der Waals surface area (Å²) >= 11 is 0. The Kier molecular flexibility index (Phi) is 17.0. The van der Waals surface area contributed by atoms with Crippen LogP contribution < -0.4 is 9.30 Å². The van der Waals surface area contributed by atoms with Gasteiger partial charge in [-0.2, -0.15) is 4.73 Å². The minimum absolute atomic E-state index is 0.347. The van der Waals surface area contributed by atoms with Gasteiger partial charge in [0.1, 0.15) is 6.54 Å². The fourth-order valence-electron chi connectivity index (χ4n) is 4.87. The highest BCUT2D eigenvalue weighted by Crippen LogP contribution is 2.12. The molecule has 2 heterocycles. The Balaban J connectivity index is 1.39. The molecule has 4 nitrogen and oxygen atoms in total. The Morgan fingerprint density at radius 1 is 0.543 bits per heavy atom. The largest absolute Gasteiger partial charge is 0.619 e. The van der Waals surface area contributed by atoms with E-state index in [1.807, 2.05) is 6.07 Å². The minimum Gasteiger partial charge on any atom is -0.619 e. The van der Waals surface area contributed by atoms with Crippen LogP contribution in [0.5, 0.6) is 0 Å². The van der Waals surface area contributed by atoms with Gasteiger partial charge >= 0.3 is 0 Å². The number of pyridine rings is 2. The molecule has 2 rings (SSSR count). The smallest absolute Gasteiger partial charge is 0.183 e. The van der Waals surface area contributed by atoms with Crippen LogP contribution in [0, 0.1) is 5.21 Å². The van der Waals surface area contributed by atoms with E-state index in [2.05, 4.69) is 35.2 Å². The van der Waals surface area contributed by atoms with Crippen molar-refractivity contribution in [2.24, 2.45) is 0 Å². The van der Waals surface area contributed by atoms with E-state index in [1.54, 1.807) is 12.4 Å². The molecule has 0 atom stereocenters. The van der Waals surface area contributed by atoms with E-state index < -0.39 is 0 Å². The molecular weight excluding hydrogens is 432 g/mol. The first-order valence-corrected chi connectivity index (χ1v) is 14.5. The van der Waals surface area contributed by atoms with E-state index in [-0.39, 0.29) is 0 Å². The molecule has 0 unspecified atom stereocenters. The van der Waals surface area contributed by atoms with Crippen molar-refractivity contribution in [1.29, 1.82) is 0 Å². The van der Waals surface area contributed by atoms with E-state index in [4.69, 9.17) is 5.11 Å². The summed E-state index contributed by atoms with van der Waals surface area (Å²) in [7, 11) is 0. The minimum atomic E-state index is 0.347. The lowest BCUT2D eigenvalue weighted by Crippen LogP contribution is -2.33. The number of hydrogen-bond acceptors (Lipinski definition) is 2. The number of aliphatic hydroxyl groups excluding tert-OH is 1. The van der Waals surface area contributed by atoms with Crippen molar-refractivity contribution in [2.45, 2.75) is 129 Å². The van der Waals surface area contributed by atoms with Gasteiger partial charge in [0.15, 0.2) is 24.8 Å². The second-order valence-corrected chi connectivity index (χ2v) is 10.3. The monoisotopic (exact) mass is 483 g/mol. The quantitative estimate of drug-likeness (QED) is 0.111. The van der Waals surface area contributed by atoms with Gasteiger partial charge < -0.3 is 10.3 Å². The second kappa shape index (κ2) is 20.3. The molecule has 0 aliphatic rings. The van der Waals surface area contributed by atoms with E-state index in [0.29, 0.717) is 6.61 Å². The molecule has 35 heavy (non-hydrogen) atoms. The third-order valence-electron chi connectivity index (χ3n) is 7.01. The van der Waals surface area contributed by atoms with E-state index in [0.717, 1.165) is 29.7 Å². The third kappa shape index (κ3) is 15.6. The van der Waals surface area contributed by atoms with Crippen LogP contribution in [-0.2, 0) is 19.4 Å². The highest BCUT2D eigenvalue weighted by Gasteiger charge is 2.04. The summed E-state index contributed by atoms with van der Waals surface area (Å²) in [4.78, 5) is 0. The molecule has 0 aliphatic carbocycles. The average molecular weight is 484 g/mol. The molecule has 0 bridgehead atoms. The molecule has 196 valence electrons. The van der Waals surface area contributed by atoms with Crippen molar-refractivity contribution in [3.8, 4) is 0 Å². The first kappa shape index (κ1) is 29.3. The lowest BCUT2D eigenvalue weighted by atomic mass is 10.0. The van der Waals surface area contributed by atoms with Crippen molar-refractivity contribution < 1.29 is 14.4 Å². The maximum absolute atomic E-state index is 11.3. The summed E-state index contributed by atoms with van der Waals surface area (Å²) in [5, 5.41) is 20.1. The van der Waals surface area contributed by atoms with E-state index in [1.165, 1.54) is 115 Å². The molecular formula is C31H51N2O2+. The maximum Gasteiger partial charge on any atom is 0.183 e. The number of aliphatic hydroxyl groups is 1. The molecule has 2 aromatic rings. The number of rotatable bonds is 22. The molecule has 0 fully saturated rings. The summed E-state index contributed by atoms with van der Waals surface area (Å²) in [6, 6.07) is 8.39. The van der Waals surface area contributed by atoms with Gasteiger partial charge in [-0.05, 0) is 50.7 Å². The van der Waals surface area contributed by atoms with Gasteiger partial charge in [-0.1, -0.05) is 77.0 Å². The lowest BCUT2D eigenvalue weighted by molar-refractivity contribution is -0.697. The van der Waals surface area contributed by atoms with Gasteiger partial charge in [0.05, 0.1) is 0 Å². The van der Waals surface area contributed by atoms with Crippen LogP contribution in [0.4, 0.5) is 0 Å². The summed E-state index contributed by atoms with van der Waals surface area (Å²) in [6.45, 7) is 1.49. The van der Waals surface area contributed by atoms with Crippen molar-refractivity contribution in [3.05, 3.63) is 65.4 Å². The average Bonchev–Trinajstić information content (AvgIpc) is 2.86. The van der Waals surface area contributed by atoms with Crippen LogP contribution in [0.2, 0.25) is 0 Å². The molecule has 0 radical (unpaired) electrons. The lowest BCUT2D eigenvalue weighted by Gasteiger charge is -2.04.